The highest BCUT2D eigenvalue weighted by Gasteiger charge is 1.90. The second kappa shape index (κ2) is 20.3. The molecule has 0 atom stereocenters. The number of hydrogen-bond donors (Lipinski definition) is 1. The Bertz CT molecular complexity index is 151. The van der Waals surface area contributed by atoms with Crippen LogP contribution in [0.25, 0.3) is 0 Å². The summed E-state index contributed by atoms with van der Waals surface area (Å²) in [6.45, 7) is 3.39. The molecule has 0 saturated carbocycles. The number of halogens is 1. The van der Waals surface area contributed by atoms with Gasteiger partial charge >= 0.3 is 0 Å². The molecule has 0 heterocycles. The number of unbranched alkanes of at least 4 members (excludes halogenated alkanes) is 11. The summed E-state index contributed by atoms with van der Waals surface area (Å²) in [5.74, 6) is 0. The van der Waals surface area contributed by atoms with Gasteiger partial charge in [0.2, 0.25) is 0 Å². The predicted molar refractivity (Wildman–Crippen MR) is 82.6 cm³/mol. The Morgan fingerprint density at radius 2 is 1.05 bits per heavy atom. The Morgan fingerprint density at radius 3 is 1.53 bits per heavy atom. The van der Waals surface area contributed by atoms with E-state index in [1.54, 1.807) is 0 Å². The van der Waals surface area contributed by atoms with Crippen LogP contribution < -0.4 is 18.1 Å². The van der Waals surface area contributed by atoms with E-state index in [2.05, 4.69) is 24.8 Å². The van der Waals surface area contributed by atoms with Crippen LogP contribution in [0.4, 0.5) is 0 Å². The van der Waals surface area contributed by atoms with Gasteiger partial charge in [-0.15, -0.1) is 0 Å². The average Bonchev–Trinajstić information content (AvgIpc) is 2.39. The van der Waals surface area contributed by atoms with E-state index in [-0.39, 0.29) is 12.4 Å². The van der Waals surface area contributed by atoms with Gasteiger partial charge < -0.3 is 18.1 Å². The summed E-state index contributed by atoms with van der Waals surface area (Å²) < 4.78 is 0. The third-order valence-electron chi connectivity index (χ3n) is 3.51. The van der Waals surface area contributed by atoms with Gasteiger partial charge in [-0.25, -0.2) is 0 Å². The zero-order valence-corrected chi connectivity index (χ0v) is 13.9. The molecule has 2 heteroatoms. The first-order chi connectivity index (χ1) is 8.91. The standard InChI is InChI=1S/C17H35N.ClH/c1-2-3-4-5-6-7-8-9-10-11-12-13-14-15-16-17-18;/h9-10H,2-8,11-18H2,1H3;1H/b10-9-;. The maximum Gasteiger partial charge on any atom is 0.0739 e. The van der Waals surface area contributed by atoms with Gasteiger partial charge in [0.05, 0.1) is 6.54 Å². The zero-order chi connectivity index (χ0) is 13.3. The first kappa shape index (κ1) is 21.3. The minimum absolute atomic E-state index is 0. The van der Waals surface area contributed by atoms with Crippen LogP contribution in [0.15, 0.2) is 12.2 Å². The highest BCUT2D eigenvalue weighted by Crippen LogP contribution is 2.08. The van der Waals surface area contributed by atoms with Gasteiger partial charge in [0, 0.05) is 0 Å². The molecule has 0 aromatic carbocycles. The molecule has 0 aromatic heterocycles. The van der Waals surface area contributed by atoms with Crippen molar-refractivity contribution in [1.29, 1.82) is 0 Å². The normalized spacial score (nSPS) is 10.8. The molecule has 0 aliphatic heterocycles. The average molecular weight is 290 g/mol. The zero-order valence-electron chi connectivity index (χ0n) is 13.1. The highest BCUT2D eigenvalue weighted by molar-refractivity contribution is 4.81. The Morgan fingerprint density at radius 1 is 0.632 bits per heavy atom. The largest absolute Gasteiger partial charge is 1.00 e. The molecule has 0 aliphatic carbocycles. The lowest BCUT2D eigenvalue weighted by Crippen LogP contribution is -3.00. The van der Waals surface area contributed by atoms with E-state index >= 15 is 0 Å². The minimum Gasteiger partial charge on any atom is -1.00 e. The molecule has 0 aromatic rings. The third-order valence-corrected chi connectivity index (χ3v) is 3.51. The SMILES string of the molecule is CCCCCCCC/C=C\CCCCCCC[NH3+].[Cl-]. The second-order valence-corrected chi connectivity index (χ2v) is 5.44. The molecule has 0 radical (unpaired) electrons. The molecule has 0 fully saturated rings. The van der Waals surface area contributed by atoms with Gasteiger partial charge in [0.25, 0.3) is 0 Å². The van der Waals surface area contributed by atoms with Gasteiger partial charge in [-0.1, -0.05) is 64.0 Å². The molecule has 1 nitrogen and oxygen atoms in total. The fraction of sp³-hybridized carbons (Fsp3) is 0.882. The van der Waals surface area contributed by atoms with Crippen molar-refractivity contribution < 1.29 is 18.1 Å². The number of allylic oxidation sites excluding steroid dienone is 2. The monoisotopic (exact) mass is 289 g/mol. The molecule has 0 unspecified atom stereocenters. The van der Waals surface area contributed by atoms with E-state index in [1.807, 2.05) is 0 Å². The molecular formula is C17H36ClN. The fourth-order valence-electron chi connectivity index (χ4n) is 2.25. The summed E-state index contributed by atoms with van der Waals surface area (Å²) in [5, 5.41) is 0. The Balaban J connectivity index is 0. The Kier molecular flexibility index (Phi) is 22.8. The first-order valence-electron chi connectivity index (χ1n) is 8.36. The molecular weight excluding hydrogens is 254 g/mol. The predicted octanol–water partition coefficient (Wildman–Crippen LogP) is 1.88. The summed E-state index contributed by atoms with van der Waals surface area (Å²) in [6, 6.07) is 0. The van der Waals surface area contributed by atoms with Crippen LogP contribution in [-0.4, -0.2) is 6.54 Å². The molecule has 3 N–H and O–H groups in total. The van der Waals surface area contributed by atoms with Crippen molar-refractivity contribution in [1.82, 2.24) is 0 Å². The van der Waals surface area contributed by atoms with Gasteiger partial charge in [-0.3, -0.25) is 0 Å². The smallest absolute Gasteiger partial charge is 0.0739 e. The van der Waals surface area contributed by atoms with Crippen LogP contribution in [0.5, 0.6) is 0 Å². The van der Waals surface area contributed by atoms with E-state index in [9.17, 15) is 0 Å². The van der Waals surface area contributed by atoms with E-state index in [0.717, 1.165) is 6.54 Å². The van der Waals surface area contributed by atoms with Crippen molar-refractivity contribution in [3.63, 3.8) is 0 Å². The van der Waals surface area contributed by atoms with Crippen LogP contribution in [0.3, 0.4) is 0 Å². The van der Waals surface area contributed by atoms with E-state index in [0.29, 0.717) is 0 Å². The molecule has 0 spiro atoms. The van der Waals surface area contributed by atoms with Crippen LogP contribution in [0.2, 0.25) is 0 Å². The van der Waals surface area contributed by atoms with Crippen molar-refractivity contribution in [3.05, 3.63) is 12.2 Å². The minimum atomic E-state index is 0. The van der Waals surface area contributed by atoms with Gasteiger partial charge in [0.15, 0.2) is 0 Å². The van der Waals surface area contributed by atoms with E-state index in [4.69, 9.17) is 0 Å². The molecule has 0 rings (SSSR count). The summed E-state index contributed by atoms with van der Waals surface area (Å²) in [4.78, 5) is 0. The fourth-order valence-corrected chi connectivity index (χ4v) is 2.25. The summed E-state index contributed by atoms with van der Waals surface area (Å²) >= 11 is 0. The summed E-state index contributed by atoms with van der Waals surface area (Å²) in [7, 11) is 0. The number of quaternary nitrogens is 1. The second-order valence-electron chi connectivity index (χ2n) is 5.44. The Labute approximate surface area is 127 Å². The van der Waals surface area contributed by atoms with Crippen LogP contribution >= 0.6 is 0 Å². The van der Waals surface area contributed by atoms with Crippen molar-refractivity contribution >= 4 is 0 Å². The summed E-state index contributed by atoms with van der Waals surface area (Å²) in [6.07, 6.45) is 22.7. The lowest BCUT2D eigenvalue weighted by molar-refractivity contribution is -0.368. The number of hydrogen-bond acceptors (Lipinski definition) is 0. The lowest BCUT2D eigenvalue weighted by atomic mass is 10.1. The molecule has 0 saturated heterocycles. The van der Waals surface area contributed by atoms with E-state index in [1.165, 1.54) is 83.5 Å². The van der Waals surface area contributed by atoms with Crippen LogP contribution in [0.1, 0.15) is 90.4 Å². The van der Waals surface area contributed by atoms with Crippen molar-refractivity contribution in [2.24, 2.45) is 0 Å². The summed E-state index contributed by atoms with van der Waals surface area (Å²) in [5.41, 5.74) is 3.87. The Hall–Kier alpha value is -0.0100. The number of rotatable bonds is 14. The third kappa shape index (κ3) is 20.5. The maximum absolute atomic E-state index is 3.87. The van der Waals surface area contributed by atoms with Gasteiger partial charge in [-0.05, 0) is 38.5 Å². The van der Waals surface area contributed by atoms with Crippen molar-refractivity contribution in [2.75, 3.05) is 6.54 Å². The molecule has 0 bridgehead atoms. The topological polar surface area (TPSA) is 27.6 Å². The van der Waals surface area contributed by atoms with Crippen LogP contribution in [0, 0.1) is 0 Å². The molecule has 0 aliphatic rings. The van der Waals surface area contributed by atoms with Crippen molar-refractivity contribution in [3.8, 4) is 0 Å². The van der Waals surface area contributed by atoms with Gasteiger partial charge in [0.1, 0.15) is 0 Å². The van der Waals surface area contributed by atoms with Crippen molar-refractivity contribution in [2.45, 2.75) is 90.4 Å². The van der Waals surface area contributed by atoms with Gasteiger partial charge in [-0.2, -0.15) is 0 Å². The molecule has 116 valence electrons. The first-order valence-corrected chi connectivity index (χ1v) is 8.36. The van der Waals surface area contributed by atoms with Crippen LogP contribution in [-0.2, 0) is 0 Å². The van der Waals surface area contributed by atoms with E-state index < -0.39 is 0 Å². The maximum atomic E-state index is 3.87. The molecule has 19 heavy (non-hydrogen) atoms. The highest BCUT2D eigenvalue weighted by atomic mass is 35.5. The quantitative estimate of drug-likeness (QED) is 0.374. The lowest BCUT2D eigenvalue weighted by Gasteiger charge is -1.98. The molecule has 0 amide bonds.